The summed E-state index contributed by atoms with van der Waals surface area (Å²) >= 11 is 0. The normalized spacial score (nSPS) is 14.4. The predicted molar refractivity (Wildman–Crippen MR) is 117 cm³/mol. The van der Waals surface area contributed by atoms with Crippen LogP contribution in [0.25, 0.3) is 0 Å². The number of nitrogens with one attached hydrogen (secondary N) is 1. The second-order valence-electron chi connectivity index (χ2n) is 7.27. The van der Waals surface area contributed by atoms with E-state index in [1.165, 1.54) is 0 Å². The van der Waals surface area contributed by atoms with Crippen molar-refractivity contribution in [3.05, 3.63) is 59.2 Å². The van der Waals surface area contributed by atoms with Gasteiger partial charge < -0.3 is 14.5 Å². The van der Waals surface area contributed by atoms with Crippen LogP contribution >= 0.6 is 0 Å². The third kappa shape index (κ3) is 5.37. The fourth-order valence-electron chi connectivity index (χ4n) is 3.30. The van der Waals surface area contributed by atoms with Gasteiger partial charge in [0.1, 0.15) is 5.75 Å². The number of carbonyl (C=O) groups is 2. The van der Waals surface area contributed by atoms with Gasteiger partial charge >= 0.3 is 0 Å². The van der Waals surface area contributed by atoms with Gasteiger partial charge in [-0.05, 0) is 56.7 Å². The van der Waals surface area contributed by atoms with E-state index in [4.69, 9.17) is 9.73 Å². The van der Waals surface area contributed by atoms with Crippen LogP contribution in [0.1, 0.15) is 28.4 Å². The molecule has 0 atom stereocenters. The van der Waals surface area contributed by atoms with E-state index in [1.807, 2.05) is 37.8 Å². The van der Waals surface area contributed by atoms with Crippen molar-refractivity contribution >= 4 is 24.0 Å². The fraction of sp³-hybridized carbons (Fsp3) is 0.348. The molecule has 2 aromatic carbocycles. The lowest BCUT2D eigenvalue weighted by Crippen LogP contribution is -2.53. The number of aliphatic imine (C=N–C) groups is 1. The van der Waals surface area contributed by atoms with Crippen molar-refractivity contribution in [1.29, 1.82) is 0 Å². The number of amides is 2. The number of carbonyl (C=O) groups excluding carboxylic acids is 2. The van der Waals surface area contributed by atoms with Crippen molar-refractivity contribution in [2.24, 2.45) is 4.99 Å². The number of hydrogen-bond acceptors (Lipinski definition) is 4. The molecule has 7 heteroatoms. The molecule has 1 saturated heterocycles. The first-order chi connectivity index (χ1) is 14.5. The van der Waals surface area contributed by atoms with E-state index < -0.39 is 0 Å². The molecule has 0 spiro atoms. The Kier molecular flexibility index (Phi) is 7.06. The maximum absolute atomic E-state index is 12.9. The molecule has 1 aliphatic rings. The van der Waals surface area contributed by atoms with Gasteiger partial charge in [0, 0.05) is 31.7 Å². The molecule has 0 unspecified atom stereocenters. The molecule has 2 amide bonds. The lowest BCUT2D eigenvalue weighted by Gasteiger charge is -2.34. The number of piperazine rings is 1. The first kappa shape index (κ1) is 21.4. The maximum atomic E-state index is 12.9. The third-order valence-electron chi connectivity index (χ3n) is 4.99. The van der Waals surface area contributed by atoms with Crippen molar-refractivity contribution in [3.63, 3.8) is 0 Å². The molecule has 1 heterocycles. The lowest BCUT2D eigenvalue weighted by atomic mass is 10.1. The molecule has 2 aromatic rings. The van der Waals surface area contributed by atoms with Crippen molar-refractivity contribution in [3.8, 4) is 5.75 Å². The molecule has 158 valence electrons. The molecule has 1 N–H and O–H groups in total. The molecule has 0 aliphatic carbocycles. The van der Waals surface area contributed by atoms with Crippen LogP contribution in [0.15, 0.2) is 47.5 Å². The molecule has 1 fully saturated rings. The van der Waals surface area contributed by atoms with E-state index in [-0.39, 0.29) is 5.91 Å². The van der Waals surface area contributed by atoms with Gasteiger partial charge in [-0.15, -0.1) is 0 Å². The summed E-state index contributed by atoms with van der Waals surface area (Å²) in [5.74, 6) is 0.981. The topological polar surface area (TPSA) is 74.2 Å². The molecule has 0 bridgehead atoms. The largest absolute Gasteiger partial charge is 0.494 e. The van der Waals surface area contributed by atoms with Crippen LogP contribution < -0.4 is 10.1 Å². The molecule has 0 aromatic heterocycles. The quantitative estimate of drug-likeness (QED) is 0.469. The van der Waals surface area contributed by atoms with Crippen LogP contribution in [0.5, 0.6) is 5.75 Å². The summed E-state index contributed by atoms with van der Waals surface area (Å²) in [5, 5.41) is 2.97. The standard InChI is InChI=1S/C23H28N4O3/c1-4-30-20-8-6-19(7-9-20)22(29)25-23(27-13-11-26(16-28)12-14-27)24-21-10-5-17(2)15-18(21)3/h5-10,15-16H,4,11-14H2,1-3H3,(H,24,25,29). The van der Waals surface area contributed by atoms with E-state index in [9.17, 15) is 9.59 Å². The number of ether oxygens (including phenoxy) is 1. The first-order valence-corrected chi connectivity index (χ1v) is 10.1. The summed E-state index contributed by atoms with van der Waals surface area (Å²) in [4.78, 5) is 32.4. The maximum Gasteiger partial charge on any atom is 0.257 e. The molecule has 3 rings (SSSR count). The fourth-order valence-corrected chi connectivity index (χ4v) is 3.30. The van der Waals surface area contributed by atoms with E-state index in [0.717, 1.165) is 29.0 Å². The summed E-state index contributed by atoms with van der Waals surface area (Å²) in [5.41, 5.74) is 3.53. The van der Waals surface area contributed by atoms with Gasteiger partial charge in [-0.25, -0.2) is 4.99 Å². The van der Waals surface area contributed by atoms with Crippen LogP contribution in [-0.4, -0.2) is 60.9 Å². The van der Waals surface area contributed by atoms with Crippen molar-refractivity contribution in [2.45, 2.75) is 20.8 Å². The third-order valence-corrected chi connectivity index (χ3v) is 4.99. The Bertz CT molecular complexity index is 917. The van der Waals surface area contributed by atoms with Gasteiger partial charge in [0.2, 0.25) is 12.4 Å². The monoisotopic (exact) mass is 408 g/mol. The zero-order valence-electron chi connectivity index (χ0n) is 17.7. The van der Waals surface area contributed by atoms with E-state index in [0.29, 0.717) is 44.3 Å². The Morgan fingerprint density at radius 2 is 1.80 bits per heavy atom. The minimum absolute atomic E-state index is 0.237. The second-order valence-corrected chi connectivity index (χ2v) is 7.27. The van der Waals surface area contributed by atoms with Gasteiger partial charge in [-0.3, -0.25) is 14.9 Å². The highest BCUT2D eigenvalue weighted by molar-refractivity contribution is 6.06. The average molecular weight is 409 g/mol. The van der Waals surface area contributed by atoms with E-state index in [1.54, 1.807) is 29.2 Å². The first-order valence-electron chi connectivity index (χ1n) is 10.1. The molecule has 7 nitrogen and oxygen atoms in total. The van der Waals surface area contributed by atoms with E-state index in [2.05, 4.69) is 11.4 Å². The summed E-state index contributed by atoms with van der Waals surface area (Å²) in [6.45, 7) is 8.92. The minimum Gasteiger partial charge on any atom is -0.494 e. The zero-order chi connectivity index (χ0) is 21.5. The number of nitrogens with zero attached hydrogens (tertiary/aromatic N) is 3. The second kappa shape index (κ2) is 9.91. The van der Waals surface area contributed by atoms with Gasteiger partial charge in [0.15, 0.2) is 0 Å². The summed E-state index contributed by atoms with van der Waals surface area (Å²) < 4.78 is 5.44. The lowest BCUT2D eigenvalue weighted by molar-refractivity contribution is -0.119. The van der Waals surface area contributed by atoms with Crippen molar-refractivity contribution in [1.82, 2.24) is 15.1 Å². The zero-order valence-corrected chi connectivity index (χ0v) is 17.7. The Balaban J connectivity index is 1.84. The van der Waals surface area contributed by atoms with Gasteiger partial charge in [0.05, 0.1) is 12.3 Å². The number of benzene rings is 2. The summed E-state index contributed by atoms with van der Waals surface area (Å²) in [6, 6.07) is 13.1. The number of hydrogen-bond donors (Lipinski definition) is 1. The average Bonchev–Trinajstić information content (AvgIpc) is 2.76. The highest BCUT2D eigenvalue weighted by Crippen LogP contribution is 2.20. The molecule has 0 saturated carbocycles. The van der Waals surface area contributed by atoms with Crippen molar-refractivity contribution in [2.75, 3.05) is 32.8 Å². The molecule has 0 radical (unpaired) electrons. The minimum atomic E-state index is -0.237. The predicted octanol–water partition coefficient (Wildman–Crippen LogP) is 2.89. The number of aryl methyl sites for hydroxylation is 2. The Labute approximate surface area is 177 Å². The van der Waals surface area contributed by atoms with Crippen molar-refractivity contribution < 1.29 is 14.3 Å². The van der Waals surface area contributed by atoms with Crippen LogP contribution in [0.3, 0.4) is 0 Å². The van der Waals surface area contributed by atoms with Crippen LogP contribution in [0.4, 0.5) is 5.69 Å². The molecule has 1 aliphatic heterocycles. The van der Waals surface area contributed by atoms with Gasteiger partial charge in [-0.2, -0.15) is 0 Å². The highest BCUT2D eigenvalue weighted by atomic mass is 16.5. The molecular weight excluding hydrogens is 380 g/mol. The molecule has 30 heavy (non-hydrogen) atoms. The van der Waals surface area contributed by atoms with E-state index >= 15 is 0 Å². The van der Waals surface area contributed by atoms with Gasteiger partial charge in [0.25, 0.3) is 5.91 Å². The van der Waals surface area contributed by atoms with Crippen LogP contribution in [0.2, 0.25) is 0 Å². The summed E-state index contributed by atoms with van der Waals surface area (Å²) in [7, 11) is 0. The Morgan fingerprint density at radius 3 is 2.40 bits per heavy atom. The summed E-state index contributed by atoms with van der Waals surface area (Å²) in [6.07, 6.45) is 0.858. The van der Waals surface area contributed by atoms with Crippen LogP contribution in [0, 0.1) is 13.8 Å². The SMILES string of the molecule is CCOc1ccc(C(=O)NC(=Nc2ccc(C)cc2C)N2CCN(C=O)CC2)cc1. The van der Waals surface area contributed by atoms with Crippen LogP contribution in [-0.2, 0) is 4.79 Å². The Hall–Kier alpha value is -3.35. The smallest absolute Gasteiger partial charge is 0.257 e. The van der Waals surface area contributed by atoms with Gasteiger partial charge in [-0.1, -0.05) is 17.7 Å². The highest BCUT2D eigenvalue weighted by Gasteiger charge is 2.21. The number of rotatable bonds is 5. The Morgan fingerprint density at radius 1 is 1.10 bits per heavy atom. The number of guanidine groups is 1. The molecular formula is C23H28N4O3.